The molecule has 1 aromatic rings. The lowest BCUT2D eigenvalue weighted by Gasteiger charge is -2.41. The van der Waals surface area contributed by atoms with Crippen LogP contribution in [0.5, 0.6) is 0 Å². The first-order valence-corrected chi connectivity index (χ1v) is 7.76. The van der Waals surface area contributed by atoms with Crippen molar-refractivity contribution in [3.8, 4) is 0 Å². The Hall–Kier alpha value is -0.470. The first-order chi connectivity index (χ1) is 8.84. The molecule has 1 nitrogen and oxygen atoms in total. The topological polar surface area (TPSA) is 9.23 Å². The molecule has 98 valence electrons. The van der Waals surface area contributed by atoms with Gasteiger partial charge in [-0.2, -0.15) is 12.6 Å². The van der Waals surface area contributed by atoms with E-state index >= 15 is 0 Å². The van der Waals surface area contributed by atoms with E-state index in [0.717, 1.165) is 24.9 Å². The summed E-state index contributed by atoms with van der Waals surface area (Å²) in [5, 5.41) is 0. The van der Waals surface area contributed by atoms with Gasteiger partial charge in [0.15, 0.2) is 0 Å². The SMILES string of the molecule is SCC1(c2ccc(C3CCCCC3)cc2)COC1. The third-order valence-electron chi connectivity index (χ3n) is 4.66. The Labute approximate surface area is 115 Å². The minimum absolute atomic E-state index is 0.189. The van der Waals surface area contributed by atoms with Gasteiger partial charge in [-0.1, -0.05) is 43.5 Å². The molecule has 0 bridgehead atoms. The molecular formula is C16H22OS. The maximum Gasteiger partial charge on any atom is 0.0593 e. The molecule has 0 atom stereocenters. The Bertz CT molecular complexity index is 383. The molecule has 18 heavy (non-hydrogen) atoms. The summed E-state index contributed by atoms with van der Waals surface area (Å²) in [7, 11) is 0. The lowest BCUT2D eigenvalue weighted by atomic mass is 9.78. The van der Waals surface area contributed by atoms with Crippen LogP contribution in [-0.2, 0) is 10.2 Å². The van der Waals surface area contributed by atoms with Crippen LogP contribution < -0.4 is 0 Å². The number of benzene rings is 1. The van der Waals surface area contributed by atoms with Gasteiger partial charge in [0.2, 0.25) is 0 Å². The van der Waals surface area contributed by atoms with E-state index < -0.39 is 0 Å². The fraction of sp³-hybridized carbons (Fsp3) is 0.625. The van der Waals surface area contributed by atoms with E-state index in [4.69, 9.17) is 4.74 Å². The number of thiol groups is 1. The number of ether oxygens (including phenoxy) is 1. The summed E-state index contributed by atoms with van der Waals surface area (Å²) in [6.45, 7) is 1.67. The molecule has 3 rings (SSSR count). The standard InChI is InChI=1S/C16H22OS/c18-12-16(10-17-11-16)15-8-6-14(7-9-15)13-4-2-1-3-5-13/h6-9,13,18H,1-5,10-12H2. The van der Waals surface area contributed by atoms with Crippen LogP contribution in [-0.4, -0.2) is 19.0 Å². The Balaban J connectivity index is 1.76. The molecule has 0 radical (unpaired) electrons. The zero-order valence-corrected chi connectivity index (χ0v) is 11.8. The summed E-state index contributed by atoms with van der Waals surface area (Å²) in [6.07, 6.45) is 6.98. The smallest absolute Gasteiger partial charge is 0.0593 e. The molecule has 1 saturated heterocycles. The average Bonchev–Trinajstić information content (AvgIpc) is 2.40. The van der Waals surface area contributed by atoms with Crippen molar-refractivity contribution in [1.29, 1.82) is 0 Å². The second-order valence-corrected chi connectivity index (χ2v) is 6.20. The van der Waals surface area contributed by atoms with Gasteiger partial charge < -0.3 is 4.74 Å². The van der Waals surface area contributed by atoms with Crippen LogP contribution in [0.2, 0.25) is 0 Å². The molecule has 1 aliphatic heterocycles. The van der Waals surface area contributed by atoms with Crippen molar-refractivity contribution in [2.24, 2.45) is 0 Å². The molecule has 0 aromatic heterocycles. The van der Waals surface area contributed by atoms with Gasteiger partial charge in [0.1, 0.15) is 0 Å². The van der Waals surface area contributed by atoms with Crippen molar-refractivity contribution in [3.05, 3.63) is 35.4 Å². The van der Waals surface area contributed by atoms with Gasteiger partial charge in [0.05, 0.1) is 18.6 Å². The van der Waals surface area contributed by atoms with Crippen LogP contribution in [0.15, 0.2) is 24.3 Å². The normalized spacial score (nSPS) is 23.6. The summed E-state index contributed by atoms with van der Waals surface area (Å²) in [6, 6.07) is 9.30. The van der Waals surface area contributed by atoms with E-state index in [0.29, 0.717) is 0 Å². The van der Waals surface area contributed by atoms with Crippen LogP contribution >= 0.6 is 12.6 Å². The molecule has 0 unspecified atom stereocenters. The first-order valence-electron chi connectivity index (χ1n) is 7.13. The molecule has 1 heterocycles. The van der Waals surface area contributed by atoms with Gasteiger partial charge in [-0.15, -0.1) is 0 Å². The van der Waals surface area contributed by atoms with Gasteiger partial charge in [0.25, 0.3) is 0 Å². The minimum atomic E-state index is 0.189. The molecule has 2 fully saturated rings. The number of hydrogen-bond acceptors (Lipinski definition) is 2. The van der Waals surface area contributed by atoms with Gasteiger partial charge in [0, 0.05) is 5.75 Å². The average molecular weight is 262 g/mol. The summed E-state index contributed by atoms with van der Waals surface area (Å²) in [5.74, 6) is 1.69. The van der Waals surface area contributed by atoms with Gasteiger partial charge in [-0.3, -0.25) is 0 Å². The van der Waals surface area contributed by atoms with Crippen molar-refractivity contribution >= 4 is 12.6 Å². The molecule has 2 aliphatic rings. The van der Waals surface area contributed by atoms with Crippen molar-refractivity contribution in [2.75, 3.05) is 19.0 Å². The lowest BCUT2D eigenvalue weighted by molar-refractivity contribution is -0.0470. The second kappa shape index (κ2) is 5.26. The van der Waals surface area contributed by atoms with Crippen LogP contribution in [0.4, 0.5) is 0 Å². The zero-order chi connectivity index (χ0) is 12.4. The molecule has 1 saturated carbocycles. The predicted octanol–water partition coefficient (Wildman–Crippen LogP) is 3.93. The Morgan fingerprint density at radius 3 is 2.22 bits per heavy atom. The molecule has 0 spiro atoms. The van der Waals surface area contributed by atoms with E-state index in [1.165, 1.54) is 43.2 Å². The summed E-state index contributed by atoms with van der Waals surface area (Å²) >= 11 is 4.49. The van der Waals surface area contributed by atoms with Gasteiger partial charge in [-0.05, 0) is 29.9 Å². The first kappa shape index (κ1) is 12.6. The fourth-order valence-electron chi connectivity index (χ4n) is 3.24. The molecular weight excluding hydrogens is 240 g/mol. The minimum Gasteiger partial charge on any atom is -0.379 e. The Morgan fingerprint density at radius 1 is 1.06 bits per heavy atom. The van der Waals surface area contributed by atoms with E-state index in [1.54, 1.807) is 0 Å². The highest BCUT2D eigenvalue weighted by Gasteiger charge is 2.38. The maximum absolute atomic E-state index is 5.38. The monoisotopic (exact) mass is 262 g/mol. The Kier molecular flexibility index (Phi) is 3.67. The summed E-state index contributed by atoms with van der Waals surface area (Å²) < 4.78 is 5.38. The van der Waals surface area contributed by atoms with Crippen LogP contribution in [0.1, 0.15) is 49.1 Å². The summed E-state index contributed by atoms with van der Waals surface area (Å²) in [4.78, 5) is 0. The summed E-state index contributed by atoms with van der Waals surface area (Å²) in [5.41, 5.74) is 3.13. The second-order valence-electron chi connectivity index (χ2n) is 5.89. The highest BCUT2D eigenvalue weighted by Crippen LogP contribution is 2.36. The largest absolute Gasteiger partial charge is 0.379 e. The third kappa shape index (κ3) is 2.21. The van der Waals surface area contributed by atoms with E-state index in [2.05, 4.69) is 36.9 Å². The molecule has 1 aliphatic carbocycles. The third-order valence-corrected chi connectivity index (χ3v) is 5.26. The highest BCUT2D eigenvalue weighted by molar-refractivity contribution is 7.80. The van der Waals surface area contributed by atoms with Crippen LogP contribution in [0.25, 0.3) is 0 Å². The van der Waals surface area contributed by atoms with Gasteiger partial charge >= 0.3 is 0 Å². The van der Waals surface area contributed by atoms with E-state index in [-0.39, 0.29) is 5.41 Å². The molecule has 0 N–H and O–H groups in total. The fourth-order valence-corrected chi connectivity index (χ4v) is 3.61. The molecule has 0 amide bonds. The van der Waals surface area contributed by atoms with Crippen LogP contribution in [0, 0.1) is 0 Å². The van der Waals surface area contributed by atoms with Gasteiger partial charge in [-0.25, -0.2) is 0 Å². The van der Waals surface area contributed by atoms with E-state index in [1.807, 2.05) is 0 Å². The zero-order valence-electron chi connectivity index (χ0n) is 10.9. The quantitative estimate of drug-likeness (QED) is 0.812. The maximum atomic E-state index is 5.38. The number of hydrogen-bond donors (Lipinski definition) is 1. The van der Waals surface area contributed by atoms with Crippen molar-refractivity contribution in [2.45, 2.75) is 43.4 Å². The Morgan fingerprint density at radius 2 is 1.72 bits per heavy atom. The van der Waals surface area contributed by atoms with E-state index in [9.17, 15) is 0 Å². The number of rotatable bonds is 3. The van der Waals surface area contributed by atoms with Crippen molar-refractivity contribution in [3.63, 3.8) is 0 Å². The van der Waals surface area contributed by atoms with Crippen LogP contribution in [0.3, 0.4) is 0 Å². The molecule has 1 aromatic carbocycles. The molecule has 2 heteroatoms. The lowest BCUT2D eigenvalue weighted by Crippen LogP contribution is -2.48. The highest BCUT2D eigenvalue weighted by atomic mass is 32.1. The van der Waals surface area contributed by atoms with Crippen molar-refractivity contribution in [1.82, 2.24) is 0 Å². The predicted molar refractivity (Wildman–Crippen MR) is 78.6 cm³/mol. The van der Waals surface area contributed by atoms with Crippen molar-refractivity contribution < 1.29 is 4.74 Å².